The average Bonchev–Trinajstić information content (AvgIpc) is 2.73. The summed E-state index contributed by atoms with van der Waals surface area (Å²) in [4.78, 5) is 29.1. The highest BCUT2D eigenvalue weighted by Gasteiger charge is 2.11. The molecule has 0 aliphatic heterocycles. The number of anilines is 1. The van der Waals surface area contributed by atoms with Crippen molar-refractivity contribution in [2.45, 2.75) is 9.92 Å². The fourth-order valence-electron chi connectivity index (χ4n) is 1.07. The van der Waals surface area contributed by atoms with Crippen LogP contribution in [0, 0.1) is 0 Å². The maximum absolute atomic E-state index is 11.2. The zero-order valence-corrected chi connectivity index (χ0v) is 9.97. The summed E-state index contributed by atoms with van der Waals surface area (Å²) in [7, 11) is 0. The molecule has 0 aromatic carbocycles. The summed E-state index contributed by atoms with van der Waals surface area (Å²) in [5.74, 6) is -0.978. The van der Waals surface area contributed by atoms with Crippen LogP contribution in [0.4, 0.5) is 5.69 Å². The highest BCUT2D eigenvalue weighted by Crippen LogP contribution is 2.31. The molecule has 88 valence electrons. The number of nitrogens with zero attached hydrogens (tertiary/aromatic N) is 1. The largest absolute Gasteiger partial charge is 0.477 e. The van der Waals surface area contributed by atoms with Gasteiger partial charge in [-0.15, -0.1) is 11.3 Å². The first-order valence-corrected chi connectivity index (χ1v) is 6.10. The molecule has 0 fully saturated rings. The summed E-state index contributed by atoms with van der Waals surface area (Å²) in [6, 6.07) is 1.51. The van der Waals surface area contributed by atoms with Gasteiger partial charge in [-0.3, -0.25) is 4.79 Å². The van der Waals surface area contributed by atoms with E-state index in [-0.39, 0.29) is 10.6 Å². The molecular formula is C9H7N3O3S2. The molecule has 0 saturated carbocycles. The number of carboxylic acid groups (broad SMARTS) is 1. The Kier molecular flexibility index (Phi) is 3.16. The predicted molar refractivity (Wildman–Crippen MR) is 64.7 cm³/mol. The highest BCUT2D eigenvalue weighted by atomic mass is 32.2. The molecule has 0 unspecified atom stereocenters. The molecule has 0 atom stereocenters. The van der Waals surface area contributed by atoms with Crippen LogP contribution in [0.1, 0.15) is 9.67 Å². The lowest BCUT2D eigenvalue weighted by Gasteiger charge is -1.99. The van der Waals surface area contributed by atoms with Crippen LogP contribution in [0.15, 0.2) is 32.5 Å². The van der Waals surface area contributed by atoms with Crippen LogP contribution in [0.2, 0.25) is 0 Å². The van der Waals surface area contributed by atoms with E-state index in [0.29, 0.717) is 9.92 Å². The molecule has 0 aliphatic rings. The SMILES string of the molecule is Nc1c(Sc2csc(C(=O)O)c2)nc[nH]c1=O. The summed E-state index contributed by atoms with van der Waals surface area (Å²) in [6.07, 6.45) is 1.26. The fourth-order valence-corrected chi connectivity index (χ4v) is 2.80. The Hall–Kier alpha value is -1.80. The first-order chi connectivity index (χ1) is 8.08. The summed E-state index contributed by atoms with van der Waals surface area (Å²) in [5, 5.41) is 10.8. The quantitative estimate of drug-likeness (QED) is 0.724. The van der Waals surface area contributed by atoms with Gasteiger partial charge in [-0.2, -0.15) is 0 Å². The van der Waals surface area contributed by atoms with E-state index in [2.05, 4.69) is 9.97 Å². The van der Waals surface area contributed by atoms with Gasteiger partial charge in [0.1, 0.15) is 15.6 Å². The molecule has 2 heterocycles. The minimum absolute atomic E-state index is 0.0283. The van der Waals surface area contributed by atoms with Crippen molar-refractivity contribution >= 4 is 34.8 Å². The van der Waals surface area contributed by atoms with Gasteiger partial charge in [-0.1, -0.05) is 11.8 Å². The second kappa shape index (κ2) is 4.60. The number of nitrogen functional groups attached to an aromatic ring is 1. The van der Waals surface area contributed by atoms with Gasteiger partial charge in [0.05, 0.1) is 6.33 Å². The molecule has 4 N–H and O–H groups in total. The van der Waals surface area contributed by atoms with Crippen LogP contribution in [0.25, 0.3) is 0 Å². The molecule has 2 rings (SSSR count). The Bertz CT molecular complexity index is 620. The Labute approximate surface area is 104 Å². The maximum Gasteiger partial charge on any atom is 0.345 e. The second-order valence-corrected chi connectivity index (χ2v) is 4.98. The number of aromatic carboxylic acids is 1. The molecule has 8 heteroatoms. The standard InChI is InChI=1S/C9H7N3O3S2/c10-6-7(13)11-3-12-8(6)17-4-1-5(9(14)15)16-2-4/h1-3H,10H2,(H,14,15)(H,11,12,13). The van der Waals surface area contributed by atoms with Crippen LogP contribution in [-0.2, 0) is 0 Å². The van der Waals surface area contributed by atoms with Crippen molar-refractivity contribution in [3.63, 3.8) is 0 Å². The van der Waals surface area contributed by atoms with E-state index < -0.39 is 11.5 Å². The number of nitrogens with two attached hydrogens (primary N) is 1. The van der Waals surface area contributed by atoms with Gasteiger partial charge >= 0.3 is 5.97 Å². The van der Waals surface area contributed by atoms with Crippen molar-refractivity contribution < 1.29 is 9.90 Å². The minimum atomic E-state index is -0.978. The van der Waals surface area contributed by atoms with Crippen LogP contribution in [-0.4, -0.2) is 21.0 Å². The minimum Gasteiger partial charge on any atom is -0.477 e. The number of rotatable bonds is 3. The lowest BCUT2D eigenvalue weighted by atomic mass is 10.5. The van der Waals surface area contributed by atoms with E-state index in [1.807, 2.05) is 0 Å². The third kappa shape index (κ3) is 2.48. The third-order valence-corrected chi connectivity index (χ3v) is 3.91. The van der Waals surface area contributed by atoms with E-state index in [9.17, 15) is 9.59 Å². The molecular weight excluding hydrogens is 262 g/mol. The van der Waals surface area contributed by atoms with Gasteiger partial charge in [0.2, 0.25) is 0 Å². The Morgan fingerprint density at radius 3 is 3.00 bits per heavy atom. The molecule has 0 spiro atoms. The lowest BCUT2D eigenvalue weighted by Crippen LogP contribution is -2.13. The van der Waals surface area contributed by atoms with Crippen LogP contribution in [0.3, 0.4) is 0 Å². The Morgan fingerprint density at radius 2 is 2.35 bits per heavy atom. The maximum atomic E-state index is 11.2. The Balaban J connectivity index is 2.28. The fraction of sp³-hybridized carbons (Fsp3) is 0. The van der Waals surface area contributed by atoms with Crippen molar-refractivity contribution in [3.05, 3.63) is 33.0 Å². The number of thiophene rings is 1. The van der Waals surface area contributed by atoms with Gasteiger partial charge in [-0.25, -0.2) is 9.78 Å². The zero-order valence-electron chi connectivity index (χ0n) is 8.34. The normalized spacial score (nSPS) is 10.4. The van der Waals surface area contributed by atoms with Gasteiger partial charge < -0.3 is 15.8 Å². The number of carboxylic acids is 1. The van der Waals surface area contributed by atoms with Gasteiger partial charge in [0.25, 0.3) is 5.56 Å². The number of aromatic amines is 1. The monoisotopic (exact) mass is 269 g/mol. The van der Waals surface area contributed by atoms with Gasteiger partial charge in [-0.05, 0) is 6.07 Å². The molecule has 2 aromatic heterocycles. The number of carbonyl (C=O) groups is 1. The lowest BCUT2D eigenvalue weighted by molar-refractivity contribution is 0.0702. The summed E-state index contributed by atoms with van der Waals surface area (Å²) in [6.45, 7) is 0. The van der Waals surface area contributed by atoms with Crippen molar-refractivity contribution in [1.29, 1.82) is 0 Å². The molecule has 0 bridgehead atoms. The van der Waals surface area contributed by atoms with Crippen molar-refractivity contribution in [2.75, 3.05) is 5.73 Å². The molecule has 0 radical (unpaired) electrons. The molecule has 0 amide bonds. The molecule has 0 aliphatic carbocycles. The third-order valence-electron chi connectivity index (χ3n) is 1.85. The highest BCUT2D eigenvalue weighted by molar-refractivity contribution is 7.99. The number of aromatic nitrogens is 2. The molecule has 2 aromatic rings. The van der Waals surface area contributed by atoms with E-state index >= 15 is 0 Å². The number of hydrogen-bond donors (Lipinski definition) is 3. The van der Waals surface area contributed by atoms with E-state index in [0.717, 1.165) is 23.1 Å². The van der Waals surface area contributed by atoms with Crippen LogP contribution < -0.4 is 11.3 Å². The van der Waals surface area contributed by atoms with Crippen molar-refractivity contribution in [2.24, 2.45) is 0 Å². The van der Waals surface area contributed by atoms with Crippen molar-refractivity contribution in [1.82, 2.24) is 9.97 Å². The number of H-pyrrole nitrogens is 1. The average molecular weight is 269 g/mol. The number of nitrogens with one attached hydrogen (secondary N) is 1. The first kappa shape index (κ1) is 11.7. The first-order valence-electron chi connectivity index (χ1n) is 4.41. The van der Waals surface area contributed by atoms with Crippen LogP contribution in [0.5, 0.6) is 0 Å². The van der Waals surface area contributed by atoms with Gasteiger partial charge in [0.15, 0.2) is 0 Å². The summed E-state index contributed by atoms with van der Waals surface area (Å²) < 4.78 is 0. The predicted octanol–water partition coefficient (Wildman–Crippen LogP) is 1.26. The number of hydrogen-bond acceptors (Lipinski definition) is 6. The molecule has 17 heavy (non-hydrogen) atoms. The van der Waals surface area contributed by atoms with Crippen LogP contribution >= 0.6 is 23.1 Å². The summed E-state index contributed by atoms with van der Waals surface area (Å²) in [5.41, 5.74) is 5.18. The van der Waals surface area contributed by atoms with E-state index in [1.54, 1.807) is 5.38 Å². The molecule has 6 nitrogen and oxygen atoms in total. The van der Waals surface area contributed by atoms with Crippen molar-refractivity contribution in [3.8, 4) is 0 Å². The summed E-state index contributed by atoms with van der Waals surface area (Å²) >= 11 is 2.27. The Morgan fingerprint density at radius 1 is 1.59 bits per heavy atom. The molecule has 0 saturated heterocycles. The van der Waals surface area contributed by atoms with Gasteiger partial charge in [0, 0.05) is 10.3 Å². The zero-order chi connectivity index (χ0) is 12.4. The van der Waals surface area contributed by atoms with E-state index in [1.165, 1.54) is 12.4 Å². The second-order valence-electron chi connectivity index (χ2n) is 3.00. The topological polar surface area (TPSA) is 109 Å². The van der Waals surface area contributed by atoms with E-state index in [4.69, 9.17) is 10.8 Å². The smallest absolute Gasteiger partial charge is 0.345 e.